The highest BCUT2D eigenvalue weighted by atomic mass is 16.5. The number of rotatable bonds is 8. The molecule has 0 aliphatic rings. The summed E-state index contributed by atoms with van der Waals surface area (Å²) in [4.78, 5) is 23.2. The number of hydrogen-bond donors (Lipinski definition) is 1. The van der Waals surface area contributed by atoms with Crippen LogP contribution in [0.3, 0.4) is 0 Å². The second kappa shape index (κ2) is 9.90. The second-order valence-corrected chi connectivity index (χ2v) is 9.43. The minimum atomic E-state index is -0.155. The van der Waals surface area contributed by atoms with E-state index >= 15 is 0 Å². The van der Waals surface area contributed by atoms with E-state index in [9.17, 15) is 14.7 Å². The number of ketones is 1. The second-order valence-electron chi connectivity index (χ2n) is 9.43. The highest BCUT2D eigenvalue weighted by Gasteiger charge is 2.21. The van der Waals surface area contributed by atoms with E-state index in [-0.39, 0.29) is 16.9 Å². The standard InChI is InChI=1S/C28H30O5/c1-18-13-22(9-11-25(18)33-17-29)21-8-6-7-20(14-21)16-32-26-12-10-23(27(31)19(26)2)24(30)15-28(3,4)5/h6-14,17,31H,15-16H2,1-5H3. The van der Waals surface area contributed by atoms with Gasteiger partial charge in [-0.1, -0.05) is 45.0 Å². The quantitative estimate of drug-likeness (QED) is 0.320. The number of benzene rings is 3. The van der Waals surface area contributed by atoms with Crippen molar-refractivity contribution in [3.63, 3.8) is 0 Å². The Bertz CT molecular complexity index is 1170. The number of Topliss-reactive ketones (excluding diaryl/α,β-unsaturated/α-hetero) is 1. The predicted octanol–water partition coefficient (Wildman–Crippen LogP) is 6.41. The summed E-state index contributed by atoms with van der Waals surface area (Å²) >= 11 is 0. The Morgan fingerprint density at radius 1 is 0.970 bits per heavy atom. The van der Waals surface area contributed by atoms with Crippen molar-refractivity contribution >= 4 is 12.3 Å². The molecule has 0 aliphatic carbocycles. The Morgan fingerprint density at radius 2 is 1.67 bits per heavy atom. The van der Waals surface area contributed by atoms with E-state index in [4.69, 9.17) is 9.47 Å². The van der Waals surface area contributed by atoms with Gasteiger partial charge in [0.2, 0.25) is 0 Å². The average Bonchev–Trinajstić information content (AvgIpc) is 2.75. The van der Waals surface area contributed by atoms with Crippen molar-refractivity contribution < 1.29 is 24.2 Å². The zero-order valence-electron chi connectivity index (χ0n) is 19.8. The van der Waals surface area contributed by atoms with Crippen LogP contribution in [0, 0.1) is 19.3 Å². The maximum absolute atomic E-state index is 12.6. The molecule has 0 aliphatic heterocycles. The predicted molar refractivity (Wildman–Crippen MR) is 129 cm³/mol. The minimum Gasteiger partial charge on any atom is -0.507 e. The van der Waals surface area contributed by atoms with Crippen LogP contribution >= 0.6 is 0 Å². The first-order valence-corrected chi connectivity index (χ1v) is 10.9. The van der Waals surface area contributed by atoms with Crippen molar-refractivity contribution in [2.75, 3.05) is 0 Å². The topological polar surface area (TPSA) is 72.8 Å². The number of phenols is 1. The molecule has 0 saturated heterocycles. The molecule has 1 N–H and O–H groups in total. The first kappa shape index (κ1) is 24.1. The highest BCUT2D eigenvalue weighted by molar-refractivity contribution is 5.99. The number of phenolic OH excluding ortho intramolecular Hbond substituents is 1. The molecule has 3 rings (SSSR count). The number of carbonyl (C=O) groups is 2. The van der Waals surface area contributed by atoms with Crippen molar-refractivity contribution in [3.05, 3.63) is 76.9 Å². The number of aromatic hydroxyl groups is 1. The van der Waals surface area contributed by atoms with Gasteiger partial charge in [-0.3, -0.25) is 9.59 Å². The van der Waals surface area contributed by atoms with Crippen LogP contribution in [0.15, 0.2) is 54.6 Å². The zero-order valence-corrected chi connectivity index (χ0v) is 19.8. The smallest absolute Gasteiger partial charge is 0.298 e. The van der Waals surface area contributed by atoms with Gasteiger partial charge in [-0.2, -0.15) is 0 Å². The fourth-order valence-corrected chi connectivity index (χ4v) is 3.65. The number of aryl methyl sites for hydroxylation is 1. The van der Waals surface area contributed by atoms with Crippen LogP contribution < -0.4 is 9.47 Å². The zero-order chi connectivity index (χ0) is 24.2. The van der Waals surface area contributed by atoms with Gasteiger partial charge >= 0.3 is 0 Å². The molecule has 0 radical (unpaired) electrons. The van der Waals surface area contributed by atoms with Crippen LogP contribution in [0.2, 0.25) is 0 Å². The third-order valence-corrected chi connectivity index (χ3v) is 5.38. The van der Waals surface area contributed by atoms with Crippen LogP contribution in [0.5, 0.6) is 17.2 Å². The van der Waals surface area contributed by atoms with Crippen molar-refractivity contribution in [1.29, 1.82) is 0 Å². The monoisotopic (exact) mass is 446 g/mol. The van der Waals surface area contributed by atoms with Crippen molar-refractivity contribution in [3.8, 4) is 28.4 Å². The van der Waals surface area contributed by atoms with E-state index in [1.807, 2.05) is 64.1 Å². The molecule has 0 fully saturated rings. The lowest BCUT2D eigenvalue weighted by Crippen LogP contribution is -2.13. The first-order valence-electron chi connectivity index (χ1n) is 10.9. The molecule has 33 heavy (non-hydrogen) atoms. The number of carbonyl (C=O) groups excluding carboxylic acids is 2. The lowest BCUT2D eigenvalue weighted by atomic mass is 9.87. The SMILES string of the molecule is Cc1cc(-c2cccc(COc3ccc(C(=O)CC(C)(C)C)c(O)c3C)c2)ccc1OC=O. The molecular formula is C28H30O5. The van der Waals surface area contributed by atoms with E-state index in [0.29, 0.717) is 42.1 Å². The molecular weight excluding hydrogens is 416 g/mol. The van der Waals surface area contributed by atoms with Crippen LogP contribution in [0.1, 0.15) is 54.2 Å². The van der Waals surface area contributed by atoms with Crippen LogP contribution in [-0.2, 0) is 11.4 Å². The molecule has 0 spiro atoms. The Labute approximate surface area is 195 Å². The summed E-state index contributed by atoms with van der Waals surface area (Å²) in [5, 5.41) is 10.6. The van der Waals surface area contributed by atoms with E-state index in [0.717, 1.165) is 22.3 Å². The molecule has 0 saturated carbocycles. The van der Waals surface area contributed by atoms with Crippen LogP contribution in [-0.4, -0.2) is 17.4 Å². The number of ether oxygens (including phenoxy) is 2. The van der Waals surface area contributed by atoms with Crippen molar-refractivity contribution in [2.24, 2.45) is 5.41 Å². The first-order chi connectivity index (χ1) is 15.6. The van der Waals surface area contributed by atoms with Gasteiger partial charge in [0.05, 0.1) is 5.56 Å². The summed E-state index contributed by atoms with van der Waals surface area (Å²) in [6.45, 7) is 10.4. The molecule has 0 aromatic heterocycles. The van der Waals surface area contributed by atoms with Crippen molar-refractivity contribution in [2.45, 2.75) is 47.6 Å². The molecule has 0 bridgehead atoms. The van der Waals surface area contributed by atoms with E-state index in [1.54, 1.807) is 25.1 Å². The normalized spacial score (nSPS) is 11.2. The summed E-state index contributed by atoms with van der Waals surface area (Å²) in [5.74, 6) is 0.968. The van der Waals surface area contributed by atoms with Gasteiger partial charge < -0.3 is 14.6 Å². The molecule has 0 unspecified atom stereocenters. The average molecular weight is 447 g/mol. The summed E-state index contributed by atoms with van der Waals surface area (Å²) in [5.41, 5.74) is 4.57. The summed E-state index contributed by atoms with van der Waals surface area (Å²) < 4.78 is 10.9. The van der Waals surface area contributed by atoms with Gasteiger partial charge in [-0.15, -0.1) is 0 Å². The summed E-state index contributed by atoms with van der Waals surface area (Å²) in [7, 11) is 0. The maximum Gasteiger partial charge on any atom is 0.298 e. The maximum atomic E-state index is 12.6. The van der Waals surface area contributed by atoms with Gasteiger partial charge in [0.1, 0.15) is 23.9 Å². The van der Waals surface area contributed by atoms with Gasteiger partial charge in [0, 0.05) is 12.0 Å². The third-order valence-electron chi connectivity index (χ3n) is 5.38. The minimum absolute atomic E-state index is 0.0244. The van der Waals surface area contributed by atoms with Crippen molar-refractivity contribution in [1.82, 2.24) is 0 Å². The molecule has 0 amide bonds. The molecule has 0 heterocycles. The van der Waals surface area contributed by atoms with Crippen LogP contribution in [0.4, 0.5) is 0 Å². The van der Waals surface area contributed by atoms with Gasteiger partial charge in [-0.25, -0.2) is 0 Å². The Morgan fingerprint density at radius 3 is 2.33 bits per heavy atom. The molecule has 172 valence electrons. The highest BCUT2D eigenvalue weighted by Crippen LogP contribution is 2.34. The van der Waals surface area contributed by atoms with Crippen LogP contribution in [0.25, 0.3) is 11.1 Å². The Hall–Kier alpha value is -3.60. The molecule has 3 aromatic rings. The largest absolute Gasteiger partial charge is 0.507 e. The lowest BCUT2D eigenvalue weighted by Gasteiger charge is -2.18. The Kier molecular flexibility index (Phi) is 7.22. The van der Waals surface area contributed by atoms with E-state index in [1.165, 1.54) is 0 Å². The molecule has 0 atom stereocenters. The van der Waals surface area contributed by atoms with Gasteiger partial charge in [0.15, 0.2) is 5.78 Å². The summed E-state index contributed by atoms with van der Waals surface area (Å²) in [6.07, 6.45) is 0.356. The third kappa shape index (κ3) is 6.01. The fourth-order valence-electron chi connectivity index (χ4n) is 3.65. The number of hydrogen-bond acceptors (Lipinski definition) is 5. The van der Waals surface area contributed by atoms with E-state index < -0.39 is 0 Å². The Balaban J connectivity index is 1.75. The van der Waals surface area contributed by atoms with Gasteiger partial charge in [-0.05, 0) is 71.8 Å². The lowest BCUT2D eigenvalue weighted by molar-refractivity contribution is -0.120. The summed E-state index contributed by atoms with van der Waals surface area (Å²) in [6, 6.07) is 17.0. The van der Waals surface area contributed by atoms with E-state index in [2.05, 4.69) is 0 Å². The van der Waals surface area contributed by atoms with Gasteiger partial charge in [0.25, 0.3) is 6.47 Å². The fraction of sp³-hybridized carbons (Fsp3) is 0.286. The molecule has 5 heteroatoms. The molecule has 5 nitrogen and oxygen atoms in total. The molecule has 3 aromatic carbocycles.